The molecule has 1 aliphatic rings. The minimum absolute atomic E-state index is 0.276. The van der Waals surface area contributed by atoms with Gasteiger partial charge in [-0.25, -0.2) is 4.39 Å². The van der Waals surface area contributed by atoms with Crippen LogP contribution in [-0.2, 0) is 6.54 Å². The maximum Gasteiger partial charge on any atom is 0.165 e. The quantitative estimate of drug-likeness (QED) is 0.857. The van der Waals surface area contributed by atoms with E-state index < -0.39 is 5.82 Å². The van der Waals surface area contributed by atoms with Crippen LogP contribution in [0.1, 0.15) is 44.6 Å². The molecule has 1 fully saturated rings. The molecule has 18 heavy (non-hydrogen) atoms. The average molecular weight is 251 g/mol. The Morgan fingerprint density at radius 3 is 2.61 bits per heavy atom. The number of benzene rings is 1. The summed E-state index contributed by atoms with van der Waals surface area (Å²) in [7, 11) is 0. The van der Waals surface area contributed by atoms with Crippen LogP contribution in [0.25, 0.3) is 0 Å². The second-order valence-electron chi connectivity index (χ2n) is 5.29. The minimum Gasteiger partial charge on any atom is -0.505 e. The van der Waals surface area contributed by atoms with Gasteiger partial charge in [0.1, 0.15) is 0 Å². The van der Waals surface area contributed by atoms with Crippen molar-refractivity contribution in [1.29, 1.82) is 0 Å². The van der Waals surface area contributed by atoms with Gasteiger partial charge in [-0.15, -0.1) is 0 Å². The van der Waals surface area contributed by atoms with Gasteiger partial charge in [0.25, 0.3) is 0 Å². The monoisotopic (exact) mass is 251 g/mol. The molecular formula is C15H22FNO. The molecular weight excluding hydrogens is 229 g/mol. The van der Waals surface area contributed by atoms with Crippen LogP contribution in [0.2, 0.25) is 0 Å². The van der Waals surface area contributed by atoms with E-state index in [2.05, 4.69) is 12.2 Å². The lowest BCUT2D eigenvalue weighted by Crippen LogP contribution is -2.32. The Kier molecular flexibility index (Phi) is 4.59. The van der Waals surface area contributed by atoms with E-state index in [1.807, 2.05) is 0 Å². The Hall–Kier alpha value is -1.09. The van der Waals surface area contributed by atoms with E-state index in [9.17, 15) is 4.39 Å². The molecule has 1 aromatic rings. The first-order valence-corrected chi connectivity index (χ1v) is 6.89. The third kappa shape index (κ3) is 3.45. The van der Waals surface area contributed by atoms with Crippen molar-refractivity contribution in [3.05, 3.63) is 29.6 Å². The van der Waals surface area contributed by atoms with E-state index >= 15 is 0 Å². The standard InChI is InChI=1S/C15H22FNO/c1-2-11-3-6-13(7-4-11)17-10-12-5-8-15(18)14(16)9-12/h5,8-9,11,13,17-18H,2-4,6-7,10H2,1H3. The molecule has 0 atom stereocenters. The lowest BCUT2D eigenvalue weighted by Gasteiger charge is -2.28. The van der Waals surface area contributed by atoms with Gasteiger partial charge in [-0.1, -0.05) is 19.4 Å². The molecule has 2 rings (SSSR count). The molecule has 0 spiro atoms. The van der Waals surface area contributed by atoms with Gasteiger partial charge < -0.3 is 10.4 Å². The highest BCUT2D eigenvalue weighted by Gasteiger charge is 2.19. The van der Waals surface area contributed by atoms with Crippen LogP contribution in [0.15, 0.2) is 18.2 Å². The van der Waals surface area contributed by atoms with Crippen molar-refractivity contribution in [1.82, 2.24) is 5.32 Å². The third-order valence-corrected chi connectivity index (χ3v) is 4.03. The molecule has 0 aliphatic heterocycles. The van der Waals surface area contributed by atoms with Crippen LogP contribution in [0, 0.1) is 11.7 Å². The molecule has 1 saturated carbocycles. The number of nitrogens with one attached hydrogen (secondary N) is 1. The van der Waals surface area contributed by atoms with E-state index in [4.69, 9.17) is 5.11 Å². The Balaban J connectivity index is 1.79. The summed E-state index contributed by atoms with van der Waals surface area (Å²) in [5, 5.41) is 12.6. The molecule has 1 aromatic carbocycles. The van der Waals surface area contributed by atoms with Gasteiger partial charge in [0.2, 0.25) is 0 Å². The molecule has 2 N–H and O–H groups in total. The van der Waals surface area contributed by atoms with Gasteiger partial charge in [-0.2, -0.15) is 0 Å². The Bertz CT molecular complexity index is 386. The van der Waals surface area contributed by atoms with Crippen molar-refractivity contribution in [3.63, 3.8) is 0 Å². The topological polar surface area (TPSA) is 32.3 Å². The summed E-state index contributed by atoms with van der Waals surface area (Å²) in [5.41, 5.74) is 0.892. The van der Waals surface area contributed by atoms with E-state index in [1.165, 1.54) is 44.2 Å². The first-order valence-electron chi connectivity index (χ1n) is 6.89. The lowest BCUT2D eigenvalue weighted by molar-refractivity contribution is 0.285. The zero-order valence-electron chi connectivity index (χ0n) is 11.0. The first-order chi connectivity index (χ1) is 8.69. The van der Waals surface area contributed by atoms with Gasteiger partial charge in [-0.3, -0.25) is 0 Å². The fraction of sp³-hybridized carbons (Fsp3) is 0.600. The van der Waals surface area contributed by atoms with Crippen molar-refractivity contribution in [2.45, 2.75) is 51.6 Å². The largest absolute Gasteiger partial charge is 0.505 e. The van der Waals surface area contributed by atoms with Crippen LogP contribution >= 0.6 is 0 Å². The van der Waals surface area contributed by atoms with Crippen molar-refractivity contribution in [3.8, 4) is 5.75 Å². The van der Waals surface area contributed by atoms with Gasteiger partial charge in [0.05, 0.1) is 0 Å². The molecule has 0 saturated heterocycles. The fourth-order valence-corrected chi connectivity index (χ4v) is 2.70. The summed E-state index contributed by atoms with van der Waals surface area (Å²) in [4.78, 5) is 0. The smallest absolute Gasteiger partial charge is 0.165 e. The van der Waals surface area contributed by atoms with E-state index in [0.717, 1.165) is 11.5 Å². The minimum atomic E-state index is -0.538. The number of hydrogen-bond acceptors (Lipinski definition) is 2. The maximum atomic E-state index is 13.2. The molecule has 0 aromatic heterocycles. The normalized spacial score (nSPS) is 24.1. The number of hydrogen-bond donors (Lipinski definition) is 2. The van der Waals surface area contributed by atoms with Crippen LogP contribution in [0.3, 0.4) is 0 Å². The maximum absolute atomic E-state index is 13.2. The van der Waals surface area contributed by atoms with Gasteiger partial charge in [-0.05, 0) is 49.3 Å². The zero-order chi connectivity index (χ0) is 13.0. The van der Waals surface area contributed by atoms with Crippen LogP contribution < -0.4 is 5.32 Å². The van der Waals surface area contributed by atoms with E-state index in [1.54, 1.807) is 6.07 Å². The average Bonchev–Trinajstić information content (AvgIpc) is 2.41. The summed E-state index contributed by atoms with van der Waals surface area (Å²) in [6, 6.07) is 5.15. The van der Waals surface area contributed by atoms with Crippen LogP contribution in [-0.4, -0.2) is 11.1 Å². The predicted molar refractivity (Wildman–Crippen MR) is 70.9 cm³/mol. The molecule has 3 heteroatoms. The number of phenols is 1. The number of phenolic OH excluding ortho intramolecular Hbond substituents is 1. The fourth-order valence-electron chi connectivity index (χ4n) is 2.70. The second-order valence-corrected chi connectivity index (χ2v) is 5.29. The number of rotatable bonds is 4. The molecule has 0 heterocycles. The lowest BCUT2D eigenvalue weighted by atomic mass is 9.84. The van der Waals surface area contributed by atoms with E-state index in [-0.39, 0.29) is 5.75 Å². The van der Waals surface area contributed by atoms with Crippen molar-refractivity contribution < 1.29 is 9.50 Å². The molecule has 2 nitrogen and oxygen atoms in total. The zero-order valence-corrected chi connectivity index (χ0v) is 11.0. The molecule has 0 bridgehead atoms. The van der Waals surface area contributed by atoms with Crippen molar-refractivity contribution >= 4 is 0 Å². The van der Waals surface area contributed by atoms with Crippen molar-refractivity contribution in [2.75, 3.05) is 0 Å². The first kappa shape index (κ1) is 13.3. The highest BCUT2D eigenvalue weighted by atomic mass is 19.1. The predicted octanol–water partition coefficient (Wildman–Crippen LogP) is 3.59. The highest BCUT2D eigenvalue weighted by molar-refractivity contribution is 5.27. The van der Waals surface area contributed by atoms with E-state index in [0.29, 0.717) is 12.6 Å². The highest BCUT2D eigenvalue weighted by Crippen LogP contribution is 2.26. The molecule has 1 aliphatic carbocycles. The third-order valence-electron chi connectivity index (χ3n) is 4.03. The number of aromatic hydroxyl groups is 1. The summed E-state index contributed by atoms with van der Waals surface area (Å²) in [6.07, 6.45) is 6.34. The Morgan fingerprint density at radius 2 is 2.00 bits per heavy atom. The Labute approximate surface area is 108 Å². The van der Waals surface area contributed by atoms with Gasteiger partial charge in [0, 0.05) is 12.6 Å². The SMILES string of the molecule is CCC1CCC(NCc2ccc(O)c(F)c2)CC1. The summed E-state index contributed by atoms with van der Waals surface area (Å²) >= 11 is 0. The second kappa shape index (κ2) is 6.19. The van der Waals surface area contributed by atoms with Crippen LogP contribution in [0.4, 0.5) is 4.39 Å². The molecule has 0 amide bonds. The van der Waals surface area contributed by atoms with Gasteiger partial charge >= 0.3 is 0 Å². The summed E-state index contributed by atoms with van der Waals surface area (Å²) in [6.45, 7) is 2.94. The summed E-state index contributed by atoms with van der Waals surface area (Å²) < 4.78 is 13.2. The van der Waals surface area contributed by atoms with Crippen LogP contribution in [0.5, 0.6) is 5.75 Å². The molecule has 0 unspecified atom stereocenters. The number of halogens is 1. The Morgan fingerprint density at radius 1 is 1.28 bits per heavy atom. The molecule has 100 valence electrons. The molecule has 0 radical (unpaired) electrons. The summed E-state index contributed by atoms with van der Waals surface area (Å²) in [5.74, 6) is 0.0837. The van der Waals surface area contributed by atoms with Crippen molar-refractivity contribution in [2.24, 2.45) is 5.92 Å². The van der Waals surface area contributed by atoms with Gasteiger partial charge in [0.15, 0.2) is 11.6 Å².